The maximum atomic E-state index is 12.9. The van der Waals surface area contributed by atoms with E-state index in [-0.39, 0.29) is 18.0 Å². The van der Waals surface area contributed by atoms with Gasteiger partial charge in [0, 0.05) is 17.7 Å². The Bertz CT molecular complexity index is 310. The van der Waals surface area contributed by atoms with Crippen LogP contribution in [-0.2, 0) is 0 Å². The van der Waals surface area contributed by atoms with E-state index in [1.54, 1.807) is 6.07 Å². The highest BCUT2D eigenvalue weighted by atomic mass is 19.1. The van der Waals surface area contributed by atoms with E-state index in [9.17, 15) is 4.39 Å². The molecule has 0 fully saturated rings. The van der Waals surface area contributed by atoms with Crippen molar-refractivity contribution in [2.45, 2.75) is 32.9 Å². The maximum absolute atomic E-state index is 12.9. The van der Waals surface area contributed by atoms with Crippen molar-refractivity contribution >= 4 is 0 Å². The Morgan fingerprint density at radius 2 is 1.93 bits per heavy atom. The van der Waals surface area contributed by atoms with Crippen LogP contribution < -0.4 is 10.5 Å². The number of nitrogens with two attached hydrogens (primary N) is 1. The molecule has 0 amide bonds. The van der Waals surface area contributed by atoms with Crippen molar-refractivity contribution in [3.63, 3.8) is 0 Å². The zero-order valence-corrected chi connectivity index (χ0v) is 8.75. The fraction of sp³-hybridized carbons (Fsp3) is 0.455. The molecule has 1 aromatic carbocycles. The molecule has 0 radical (unpaired) electrons. The third kappa shape index (κ3) is 2.70. The van der Waals surface area contributed by atoms with Gasteiger partial charge in [-0.15, -0.1) is 0 Å². The summed E-state index contributed by atoms with van der Waals surface area (Å²) in [7, 11) is 0. The topological polar surface area (TPSA) is 35.2 Å². The minimum Gasteiger partial charge on any atom is -0.491 e. The molecule has 0 heterocycles. The Balaban J connectivity index is 3.03. The average molecular weight is 197 g/mol. The largest absolute Gasteiger partial charge is 0.491 e. The molecule has 2 N–H and O–H groups in total. The van der Waals surface area contributed by atoms with E-state index >= 15 is 0 Å². The van der Waals surface area contributed by atoms with Crippen LogP contribution in [-0.4, -0.2) is 6.10 Å². The molecule has 0 bridgehead atoms. The van der Waals surface area contributed by atoms with Crippen LogP contribution in [0.1, 0.15) is 32.4 Å². The summed E-state index contributed by atoms with van der Waals surface area (Å²) in [4.78, 5) is 0. The monoisotopic (exact) mass is 197 g/mol. The Morgan fingerprint density at radius 1 is 1.29 bits per heavy atom. The molecule has 3 heteroatoms. The van der Waals surface area contributed by atoms with Crippen molar-refractivity contribution in [1.29, 1.82) is 0 Å². The lowest BCUT2D eigenvalue weighted by atomic mass is 10.1. The molecule has 0 aliphatic carbocycles. The molecule has 0 aliphatic heterocycles. The third-order valence-electron chi connectivity index (χ3n) is 1.83. The second-order valence-electron chi connectivity index (χ2n) is 3.64. The molecule has 0 saturated carbocycles. The molecule has 0 aromatic heterocycles. The molecule has 14 heavy (non-hydrogen) atoms. The van der Waals surface area contributed by atoms with Crippen molar-refractivity contribution in [2.24, 2.45) is 5.73 Å². The number of ether oxygens (including phenoxy) is 1. The van der Waals surface area contributed by atoms with Gasteiger partial charge in [-0.1, -0.05) is 6.07 Å². The number of rotatable bonds is 3. The smallest absolute Gasteiger partial charge is 0.127 e. The van der Waals surface area contributed by atoms with Crippen LogP contribution in [0.4, 0.5) is 4.39 Å². The van der Waals surface area contributed by atoms with Crippen LogP contribution in [0.2, 0.25) is 0 Å². The van der Waals surface area contributed by atoms with Crippen molar-refractivity contribution < 1.29 is 9.13 Å². The highest BCUT2D eigenvalue weighted by Crippen LogP contribution is 2.25. The van der Waals surface area contributed by atoms with Crippen LogP contribution >= 0.6 is 0 Å². The molecule has 78 valence electrons. The van der Waals surface area contributed by atoms with Crippen LogP contribution in [0.15, 0.2) is 18.2 Å². The summed E-state index contributed by atoms with van der Waals surface area (Å²) in [5.41, 5.74) is 6.57. The van der Waals surface area contributed by atoms with E-state index in [1.165, 1.54) is 12.1 Å². The normalized spacial score (nSPS) is 13.0. The van der Waals surface area contributed by atoms with E-state index in [2.05, 4.69) is 0 Å². The fourth-order valence-electron chi connectivity index (χ4n) is 1.24. The van der Waals surface area contributed by atoms with E-state index in [1.807, 2.05) is 20.8 Å². The zero-order valence-electron chi connectivity index (χ0n) is 8.75. The Hall–Kier alpha value is -1.09. The van der Waals surface area contributed by atoms with Gasteiger partial charge in [-0.2, -0.15) is 0 Å². The van der Waals surface area contributed by atoms with Gasteiger partial charge in [-0.05, 0) is 26.8 Å². The molecular weight excluding hydrogens is 181 g/mol. The Morgan fingerprint density at radius 3 is 2.43 bits per heavy atom. The van der Waals surface area contributed by atoms with Gasteiger partial charge < -0.3 is 10.5 Å². The van der Waals surface area contributed by atoms with Crippen molar-refractivity contribution in [2.75, 3.05) is 0 Å². The second kappa shape index (κ2) is 4.42. The molecule has 2 nitrogen and oxygen atoms in total. The summed E-state index contributed by atoms with van der Waals surface area (Å²) < 4.78 is 18.4. The number of hydrogen-bond acceptors (Lipinski definition) is 2. The van der Waals surface area contributed by atoms with Gasteiger partial charge in [0.25, 0.3) is 0 Å². The van der Waals surface area contributed by atoms with Crippen molar-refractivity contribution in [1.82, 2.24) is 0 Å². The van der Waals surface area contributed by atoms with Crippen LogP contribution in [0.3, 0.4) is 0 Å². The summed E-state index contributed by atoms with van der Waals surface area (Å²) in [6.45, 7) is 5.65. The first-order valence-electron chi connectivity index (χ1n) is 4.72. The van der Waals surface area contributed by atoms with Gasteiger partial charge in [0.15, 0.2) is 0 Å². The van der Waals surface area contributed by atoms with Gasteiger partial charge in [0.2, 0.25) is 0 Å². The summed E-state index contributed by atoms with van der Waals surface area (Å²) in [6.07, 6.45) is 0.0225. The first-order valence-corrected chi connectivity index (χ1v) is 4.72. The minimum absolute atomic E-state index is 0.0225. The summed E-state index contributed by atoms with van der Waals surface area (Å²) in [5, 5.41) is 0. The van der Waals surface area contributed by atoms with E-state index in [0.29, 0.717) is 5.75 Å². The molecule has 1 rings (SSSR count). The van der Waals surface area contributed by atoms with Gasteiger partial charge in [-0.3, -0.25) is 0 Å². The van der Waals surface area contributed by atoms with Gasteiger partial charge in [0.1, 0.15) is 11.6 Å². The van der Waals surface area contributed by atoms with E-state index in [4.69, 9.17) is 10.5 Å². The number of hydrogen-bond donors (Lipinski definition) is 1. The lowest BCUT2D eigenvalue weighted by molar-refractivity contribution is 0.238. The lowest BCUT2D eigenvalue weighted by Crippen LogP contribution is -2.12. The Kier molecular flexibility index (Phi) is 3.47. The second-order valence-corrected chi connectivity index (χ2v) is 3.64. The third-order valence-corrected chi connectivity index (χ3v) is 1.83. The van der Waals surface area contributed by atoms with Gasteiger partial charge in [-0.25, -0.2) is 4.39 Å². The molecule has 0 aliphatic rings. The zero-order chi connectivity index (χ0) is 10.7. The van der Waals surface area contributed by atoms with Crippen molar-refractivity contribution in [3.05, 3.63) is 29.6 Å². The molecule has 1 aromatic rings. The number of benzene rings is 1. The van der Waals surface area contributed by atoms with Crippen LogP contribution in [0.25, 0.3) is 0 Å². The van der Waals surface area contributed by atoms with E-state index < -0.39 is 0 Å². The number of halogens is 1. The van der Waals surface area contributed by atoms with E-state index in [0.717, 1.165) is 5.56 Å². The van der Waals surface area contributed by atoms with Crippen LogP contribution in [0, 0.1) is 5.82 Å². The summed E-state index contributed by atoms with van der Waals surface area (Å²) >= 11 is 0. The summed E-state index contributed by atoms with van der Waals surface area (Å²) in [6, 6.07) is 4.28. The summed E-state index contributed by atoms with van der Waals surface area (Å²) in [5.74, 6) is 0.236. The van der Waals surface area contributed by atoms with Crippen molar-refractivity contribution in [3.8, 4) is 5.75 Å². The molecule has 0 spiro atoms. The lowest BCUT2D eigenvalue weighted by Gasteiger charge is -2.16. The first kappa shape index (κ1) is 11.0. The first-order chi connectivity index (χ1) is 6.50. The molecule has 1 atom stereocenters. The minimum atomic E-state index is -0.301. The quantitative estimate of drug-likeness (QED) is 0.808. The molecular formula is C11H16FNO. The molecule has 0 unspecified atom stereocenters. The standard InChI is InChI=1S/C11H16FNO/c1-7(2)14-11-6-9(12)4-5-10(11)8(3)13/h4-8H,13H2,1-3H3/t8-/m0/s1. The fourth-order valence-corrected chi connectivity index (χ4v) is 1.24. The average Bonchev–Trinajstić information content (AvgIpc) is 2.01. The predicted octanol–water partition coefficient (Wildman–Crippen LogP) is 2.63. The van der Waals surface area contributed by atoms with Crippen LogP contribution in [0.5, 0.6) is 5.75 Å². The van der Waals surface area contributed by atoms with Gasteiger partial charge in [0.05, 0.1) is 6.10 Å². The van der Waals surface area contributed by atoms with Gasteiger partial charge >= 0.3 is 0 Å². The highest BCUT2D eigenvalue weighted by Gasteiger charge is 2.10. The SMILES string of the molecule is CC(C)Oc1cc(F)ccc1[C@H](C)N. The molecule has 0 saturated heterocycles. The maximum Gasteiger partial charge on any atom is 0.127 e. The highest BCUT2D eigenvalue weighted by molar-refractivity contribution is 5.36. The predicted molar refractivity (Wildman–Crippen MR) is 54.8 cm³/mol. The Labute approximate surface area is 83.9 Å².